The Labute approximate surface area is 154 Å². The lowest BCUT2D eigenvalue weighted by atomic mass is 9.93. The fraction of sp³-hybridized carbons (Fsp3) is 0.286. The smallest absolute Gasteiger partial charge is 0.221 e. The van der Waals surface area contributed by atoms with Crippen LogP contribution >= 0.6 is 0 Å². The van der Waals surface area contributed by atoms with Crippen LogP contribution in [0.1, 0.15) is 37.2 Å². The molecule has 5 nitrogen and oxygen atoms in total. The van der Waals surface area contributed by atoms with Gasteiger partial charge in [-0.3, -0.25) is 9.36 Å². The van der Waals surface area contributed by atoms with E-state index in [1.807, 2.05) is 60.9 Å². The summed E-state index contributed by atoms with van der Waals surface area (Å²) in [6.45, 7) is 6.09. The topological polar surface area (TPSA) is 59.8 Å². The van der Waals surface area contributed by atoms with E-state index in [1.54, 1.807) is 6.33 Å². The van der Waals surface area contributed by atoms with Crippen LogP contribution in [0.5, 0.6) is 0 Å². The summed E-state index contributed by atoms with van der Waals surface area (Å²) in [5, 5.41) is 11.3. The number of hydrogen-bond donors (Lipinski definition) is 1. The van der Waals surface area contributed by atoms with Crippen molar-refractivity contribution in [2.75, 3.05) is 0 Å². The number of nitrogens with zero attached hydrogens (tertiary/aromatic N) is 3. The lowest BCUT2D eigenvalue weighted by Crippen LogP contribution is -2.41. The maximum absolute atomic E-state index is 12.5. The Morgan fingerprint density at radius 3 is 2.62 bits per heavy atom. The highest BCUT2D eigenvalue weighted by molar-refractivity contribution is 5.77. The third-order valence-electron chi connectivity index (χ3n) is 4.42. The third-order valence-corrected chi connectivity index (χ3v) is 4.42. The molecule has 0 radical (unpaired) electrons. The number of nitrogens with one attached hydrogen (secondary N) is 1. The summed E-state index contributed by atoms with van der Waals surface area (Å²) >= 11 is 0. The van der Waals surface area contributed by atoms with Gasteiger partial charge in [-0.05, 0) is 38.5 Å². The van der Waals surface area contributed by atoms with Gasteiger partial charge in [0.15, 0.2) is 0 Å². The SMILES string of the molecule is Cc1cccc(C(C)(C)NC(=O)CCc2nncn2-c2ccccc2)c1. The molecular formula is C21H24N4O. The highest BCUT2D eigenvalue weighted by Crippen LogP contribution is 2.21. The second-order valence-electron chi connectivity index (χ2n) is 7.00. The van der Waals surface area contributed by atoms with Crippen molar-refractivity contribution in [2.24, 2.45) is 0 Å². The monoisotopic (exact) mass is 348 g/mol. The first-order valence-electron chi connectivity index (χ1n) is 8.78. The van der Waals surface area contributed by atoms with Gasteiger partial charge in [0.25, 0.3) is 0 Å². The van der Waals surface area contributed by atoms with Gasteiger partial charge in [0, 0.05) is 18.5 Å². The van der Waals surface area contributed by atoms with Crippen molar-refractivity contribution in [3.63, 3.8) is 0 Å². The van der Waals surface area contributed by atoms with E-state index in [9.17, 15) is 4.79 Å². The number of aryl methyl sites for hydroxylation is 2. The summed E-state index contributed by atoms with van der Waals surface area (Å²) in [6, 6.07) is 18.1. The molecule has 1 amide bonds. The summed E-state index contributed by atoms with van der Waals surface area (Å²) < 4.78 is 1.92. The minimum absolute atomic E-state index is 0.000817. The predicted octanol–water partition coefficient (Wildman–Crippen LogP) is 3.56. The number of aromatic nitrogens is 3. The molecule has 0 spiro atoms. The Morgan fingerprint density at radius 2 is 1.88 bits per heavy atom. The number of hydrogen-bond acceptors (Lipinski definition) is 3. The van der Waals surface area contributed by atoms with Gasteiger partial charge in [-0.15, -0.1) is 10.2 Å². The quantitative estimate of drug-likeness (QED) is 0.741. The Kier molecular flexibility index (Phi) is 5.16. The van der Waals surface area contributed by atoms with Crippen molar-refractivity contribution in [3.8, 4) is 5.69 Å². The molecule has 0 unspecified atom stereocenters. The van der Waals surface area contributed by atoms with E-state index in [2.05, 4.69) is 34.6 Å². The molecule has 26 heavy (non-hydrogen) atoms. The van der Waals surface area contributed by atoms with Crippen LogP contribution in [0.3, 0.4) is 0 Å². The third kappa shape index (κ3) is 4.17. The van der Waals surface area contributed by atoms with Gasteiger partial charge >= 0.3 is 0 Å². The van der Waals surface area contributed by atoms with E-state index in [0.717, 1.165) is 17.1 Å². The molecule has 0 saturated carbocycles. The van der Waals surface area contributed by atoms with Gasteiger partial charge in [-0.25, -0.2) is 0 Å². The predicted molar refractivity (Wildman–Crippen MR) is 102 cm³/mol. The van der Waals surface area contributed by atoms with Crippen LogP contribution in [-0.2, 0) is 16.8 Å². The molecule has 2 aromatic carbocycles. The second-order valence-corrected chi connectivity index (χ2v) is 7.00. The molecule has 0 saturated heterocycles. The van der Waals surface area contributed by atoms with Crippen LogP contribution in [0.4, 0.5) is 0 Å². The van der Waals surface area contributed by atoms with E-state index in [1.165, 1.54) is 5.56 Å². The Morgan fingerprint density at radius 1 is 1.12 bits per heavy atom. The highest BCUT2D eigenvalue weighted by atomic mass is 16.1. The summed E-state index contributed by atoms with van der Waals surface area (Å²) in [6.07, 6.45) is 2.57. The standard InChI is InChI=1S/C21H24N4O/c1-16-8-7-9-17(14-16)21(2,3)23-20(26)13-12-19-24-22-15-25(19)18-10-5-4-6-11-18/h4-11,14-15H,12-13H2,1-3H3,(H,23,26). The average molecular weight is 348 g/mol. The molecule has 0 aliphatic rings. The molecule has 3 aromatic rings. The van der Waals surface area contributed by atoms with Crippen LogP contribution < -0.4 is 5.32 Å². The van der Waals surface area contributed by atoms with Gasteiger partial charge in [-0.2, -0.15) is 0 Å². The molecule has 1 aromatic heterocycles. The lowest BCUT2D eigenvalue weighted by molar-refractivity contribution is -0.122. The first kappa shape index (κ1) is 17.9. The molecule has 0 bridgehead atoms. The van der Waals surface area contributed by atoms with E-state index in [0.29, 0.717) is 12.8 Å². The number of carbonyl (C=O) groups is 1. The zero-order valence-electron chi connectivity index (χ0n) is 15.4. The van der Waals surface area contributed by atoms with Gasteiger partial charge in [0.1, 0.15) is 12.2 Å². The van der Waals surface area contributed by atoms with Crippen LogP contribution in [-0.4, -0.2) is 20.7 Å². The van der Waals surface area contributed by atoms with E-state index < -0.39 is 5.54 Å². The van der Waals surface area contributed by atoms with Crippen molar-refractivity contribution in [2.45, 2.75) is 39.2 Å². The normalized spacial score (nSPS) is 11.3. The van der Waals surface area contributed by atoms with Gasteiger partial charge in [0.05, 0.1) is 5.54 Å². The zero-order chi connectivity index (χ0) is 18.6. The second kappa shape index (κ2) is 7.52. The van der Waals surface area contributed by atoms with Crippen molar-refractivity contribution in [1.29, 1.82) is 0 Å². The largest absolute Gasteiger partial charge is 0.347 e. The molecule has 1 N–H and O–H groups in total. The molecule has 3 rings (SSSR count). The molecule has 0 fully saturated rings. The lowest BCUT2D eigenvalue weighted by Gasteiger charge is -2.27. The molecule has 1 heterocycles. The molecule has 5 heteroatoms. The Balaban J connectivity index is 1.64. The van der Waals surface area contributed by atoms with Gasteiger partial charge in [-0.1, -0.05) is 48.0 Å². The molecule has 134 valence electrons. The maximum atomic E-state index is 12.5. The molecule has 0 aliphatic carbocycles. The van der Waals surface area contributed by atoms with Crippen LogP contribution in [0, 0.1) is 6.92 Å². The first-order chi connectivity index (χ1) is 12.5. The number of benzene rings is 2. The van der Waals surface area contributed by atoms with E-state index in [-0.39, 0.29) is 5.91 Å². The van der Waals surface area contributed by atoms with Crippen molar-refractivity contribution >= 4 is 5.91 Å². The number of carbonyl (C=O) groups excluding carboxylic acids is 1. The molecular weight excluding hydrogens is 324 g/mol. The Hall–Kier alpha value is -2.95. The van der Waals surface area contributed by atoms with E-state index in [4.69, 9.17) is 0 Å². The maximum Gasteiger partial charge on any atom is 0.221 e. The van der Waals surface area contributed by atoms with Crippen LogP contribution in [0.2, 0.25) is 0 Å². The fourth-order valence-electron chi connectivity index (χ4n) is 2.98. The number of amides is 1. The highest BCUT2D eigenvalue weighted by Gasteiger charge is 2.23. The minimum Gasteiger partial charge on any atom is -0.347 e. The van der Waals surface area contributed by atoms with Crippen molar-refractivity contribution in [3.05, 3.63) is 77.9 Å². The van der Waals surface area contributed by atoms with Crippen LogP contribution in [0.25, 0.3) is 5.69 Å². The zero-order valence-corrected chi connectivity index (χ0v) is 15.4. The first-order valence-corrected chi connectivity index (χ1v) is 8.78. The fourth-order valence-corrected chi connectivity index (χ4v) is 2.98. The molecule has 0 aliphatic heterocycles. The van der Waals surface area contributed by atoms with E-state index >= 15 is 0 Å². The minimum atomic E-state index is -0.420. The van der Waals surface area contributed by atoms with Crippen molar-refractivity contribution in [1.82, 2.24) is 20.1 Å². The Bertz CT molecular complexity index is 884. The molecule has 0 atom stereocenters. The number of rotatable bonds is 6. The summed E-state index contributed by atoms with van der Waals surface area (Å²) in [4.78, 5) is 12.5. The van der Waals surface area contributed by atoms with Gasteiger partial charge < -0.3 is 5.32 Å². The average Bonchev–Trinajstić information content (AvgIpc) is 3.09. The van der Waals surface area contributed by atoms with Gasteiger partial charge in [0.2, 0.25) is 5.91 Å². The number of para-hydroxylation sites is 1. The summed E-state index contributed by atoms with van der Waals surface area (Å²) in [7, 11) is 0. The van der Waals surface area contributed by atoms with Crippen LogP contribution in [0.15, 0.2) is 60.9 Å². The van der Waals surface area contributed by atoms with Crippen molar-refractivity contribution < 1.29 is 4.79 Å². The summed E-state index contributed by atoms with van der Waals surface area (Å²) in [5.41, 5.74) is 2.85. The summed E-state index contributed by atoms with van der Waals surface area (Å²) in [5.74, 6) is 0.777.